The Morgan fingerprint density at radius 2 is 0.951 bits per heavy atom. The monoisotopic (exact) mass is 524 g/mol. The number of fused-ring (bicyclic) bond motifs is 5. The molecule has 0 radical (unpaired) electrons. The third-order valence-corrected chi connectivity index (χ3v) is 8.37. The average Bonchev–Trinajstić information content (AvgIpc) is 3.29. The normalized spacial score (nSPS) is 14.5. The van der Waals surface area contributed by atoms with Crippen molar-refractivity contribution in [3.8, 4) is 33.4 Å². The predicted octanol–water partition coefficient (Wildman–Crippen LogP) is 11.4. The molecule has 0 saturated carbocycles. The van der Waals surface area contributed by atoms with Crippen LogP contribution in [0.3, 0.4) is 0 Å². The maximum atomic E-state index is 6.06. The number of benzene rings is 6. The van der Waals surface area contributed by atoms with E-state index in [2.05, 4.69) is 140 Å². The van der Waals surface area contributed by atoms with Gasteiger partial charge in [0.2, 0.25) is 0 Å². The van der Waals surface area contributed by atoms with E-state index in [1.165, 1.54) is 55.3 Å². The summed E-state index contributed by atoms with van der Waals surface area (Å²) in [6.07, 6.45) is 9.29. The van der Waals surface area contributed by atoms with E-state index in [1.54, 1.807) is 0 Å². The summed E-state index contributed by atoms with van der Waals surface area (Å²) in [5.74, 6) is 0.373. The maximum absolute atomic E-state index is 6.06. The molecular formula is C40H28O. The predicted molar refractivity (Wildman–Crippen MR) is 175 cm³/mol. The van der Waals surface area contributed by atoms with E-state index < -0.39 is 0 Å². The number of allylic oxidation sites excluding steroid dienone is 2. The van der Waals surface area contributed by atoms with E-state index in [0.29, 0.717) is 5.92 Å². The van der Waals surface area contributed by atoms with Crippen molar-refractivity contribution in [3.63, 3.8) is 0 Å². The van der Waals surface area contributed by atoms with Crippen molar-refractivity contribution in [1.82, 2.24) is 0 Å². The van der Waals surface area contributed by atoms with Crippen LogP contribution in [0.2, 0.25) is 0 Å². The van der Waals surface area contributed by atoms with Crippen LogP contribution in [0.25, 0.3) is 78.2 Å². The van der Waals surface area contributed by atoms with Gasteiger partial charge in [0.05, 0.1) is 0 Å². The second-order valence-electron chi connectivity index (χ2n) is 11.0. The Labute approximate surface area is 239 Å². The van der Waals surface area contributed by atoms with Gasteiger partial charge in [-0.1, -0.05) is 134 Å². The molecule has 194 valence electrons. The molecule has 7 aromatic rings. The number of rotatable bonds is 3. The van der Waals surface area contributed by atoms with Crippen LogP contribution < -0.4 is 0 Å². The quantitative estimate of drug-likeness (QED) is 0.224. The first-order chi connectivity index (χ1) is 20.2. The van der Waals surface area contributed by atoms with E-state index >= 15 is 0 Å². The molecule has 0 amide bonds. The SMILES string of the molecule is CC1C=Cc2c(c(-c3ccc(-c4ccc5oc6ccccc6c5c4)cc3)c3ccccc3c2-c2ccccc2)C=C1. The molecule has 1 unspecified atom stereocenters. The van der Waals surface area contributed by atoms with Gasteiger partial charge >= 0.3 is 0 Å². The lowest BCUT2D eigenvalue weighted by Gasteiger charge is -2.20. The molecule has 0 spiro atoms. The highest BCUT2D eigenvalue weighted by Gasteiger charge is 2.20. The van der Waals surface area contributed by atoms with Gasteiger partial charge in [0.25, 0.3) is 0 Å². The van der Waals surface area contributed by atoms with Crippen molar-refractivity contribution < 1.29 is 4.42 Å². The summed E-state index contributed by atoms with van der Waals surface area (Å²) < 4.78 is 6.06. The van der Waals surface area contributed by atoms with Gasteiger partial charge in [-0.2, -0.15) is 0 Å². The van der Waals surface area contributed by atoms with Crippen molar-refractivity contribution in [2.45, 2.75) is 6.92 Å². The van der Waals surface area contributed by atoms with Crippen LogP contribution in [-0.4, -0.2) is 0 Å². The minimum absolute atomic E-state index is 0.373. The Bertz CT molecular complexity index is 2140. The molecular weight excluding hydrogens is 496 g/mol. The Morgan fingerprint density at radius 3 is 1.63 bits per heavy atom. The minimum atomic E-state index is 0.373. The Kier molecular flexibility index (Phi) is 5.50. The van der Waals surface area contributed by atoms with Crippen LogP contribution in [0.5, 0.6) is 0 Å². The zero-order chi connectivity index (χ0) is 27.3. The van der Waals surface area contributed by atoms with Gasteiger partial charge in [-0.25, -0.2) is 0 Å². The fourth-order valence-electron chi connectivity index (χ4n) is 6.35. The smallest absolute Gasteiger partial charge is 0.135 e. The standard InChI is InChI=1S/C40H28O/c1-26-15-22-34-35(23-16-26)40(33-13-6-5-12-32(33)39(34)28-9-3-2-4-10-28)29-19-17-27(18-20-29)30-21-24-38-36(25-30)31-11-7-8-14-37(31)41-38/h2-26H,1H3. The van der Waals surface area contributed by atoms with E-state index in [4.69, 9.17) is 4.42 Å². The molecule has 1 heteroatoms. The highest BCUT2D eigenvalue weighted by Crippen LogP contribution is 2.44. The molecule has 1 nitrogen and oxygen atoms in total. The first kappa shape index (κ1) is 23.7. The molecule has 6 aromatic carbocycles. The summed E-state index contributed by atoms with van der Waals surface area (Å²) in [6, 6.07) is 43.5. The highest BCUT2D eigenvalue weighted by molar-refractivity contribution is 6.12. The Morgan fingerprint density at radius 1 is 0.439 bits per heavy atom. The second kappa shape index (κ2) is 9.50. The summed E-state index contributed by atoms with van der Waals surface area (Å²) in [4.78, 5) is 0. The van der Waals surface area contributed by atoms with Crippen molar-refractivity contribution in [2.24, 2.45) is 5.92 Å². The summed E-state index contributed by atoms with van der Waals surface area (Å²) in [6.45, 7) is 2.25. The van der Waals surface area contributed by atoms with Crippen LogP contribution in [0.15, 0.2) is 138 Å². The van der Waals surface area contributed by atoms with Crippen LogP contribution in [0.4, 0.5) is 0 Å². The van der Waals surface area contributed by atoms with Crippen LogP contribution in [0, 0.1) is 5.92 Å². The molecule has 0 aliphatic heterocycles. The van der Waals surface area contributed by atoms with Crippen molar-refractivity contribution >= 4 is 44.9 Å². The van der Waals surface area contributed by atoms with E-state index in [1.807, 2.05) is 12.1 Å². The van der Waals surface area contributed by atoms with Gasteiger partial charge in [0.1, 0.15) is 11.2 Å². The van der Waals surface area contributed by atoms with Gasteiger partial charge in [-0.05, 0) is 79.4 Å². The van der Waals surface area contributed by atoms with Crippen molar-refractivity contribution in [2.75, 3.05) is 0 Å². The van der Waals surface area contributed by atoms with Crippen LogP contribution >= 0.6 is 0 Å². The summed E-state index contributed by atoms with van der Waals surface area (Å²) in [7, 11) is 0. The molecule has 1 aromatic heterocycles. The zero-order valence-electron chi connectivity index (χ0n) is 22.8. The van der Waals surface area contributed by atoms with Gasteiger partial charge in [-0.3, -0.25) is 0 Å². The summed E-state index contributed by atoms with van der Waals surface area (Å²) in [5.41, 5.74) is 11.9. The van der Waals surface area contributed by atoms with Crippen LogP contribution in [-0.2, 0) is 0 Å². The van der Waals surface area contributed by atoms with Crippen LogP contribution in [0.1, 0.15) is 18.1 Å². The molecule has 41 heavy (non-hydrogen) atoms. The highest BCUT2D eigenvalue weighted by atomic mass is 16.3. The summed E-state index contributed by atoms with van der Waals surface area (Å²) >= 11 is 0. The molecule has 0 N–H and O–H groups in total. The third-order valence-electron chi connectivity index (χ3n) is 8.37. The Balaban J connectivity index is 1.32. The number of para-hydroxylation sites is 1. The molecule has 1 atom stereocenters. The van der Waals surface area contributed by atoms with Crippen molar-refractivity contribution in [1.29, 1.82) is 0 Å². The molecule has 0 fully saturated rings. The molecule has 1 heterocycles. The van der Waals surface area contributed by atoms with E-state index in [-0.39, 0.29) is 0 Å². The third kappa shape index (κ3) is 3.93. The minimum Gasteiger partial charge on any atom is -0.456 e. The average molecular weight is 525 g/mol. The molecule has 1 aliphatic rings. The first-order valence-electron chi connectivity index (χ1n) is 14.3. The molecule has 0 saturated heterocycles. The fourth-order valence-corrected chi connectivity index (χ4v) is 6.35. The largest absolute Gasteiger partial charge is 0.456 e. The Hall–Kier alpha value is -5.14. The molecule has 0 bridgehead atoms. The lowest BCUT2D eigenvalue weighted by Crippen LogP contribution is -1.96. The fraction of sp³-hybridized carbons (Fsp3) is 0.0500. The van der Waals surface area contributed by atoms with Gasteiger partial charge in [0, 0.05) is 10.8 Å². The van der Waals surface area contributed by atoms with Crippen molar-refractivity contribution in [3.05, 3.63) is 145 Å². The number of furan rings is 1. The van der Waals surface area contributed by atoms with E-state index in [0.717, 1.165) is 21.9 Å². The van der Waals surface area contributed by atoms with Gasteiger partial charge in [0.15, 0.2) is 0 Å². The second-order valence-corrected chi connectivity index (χ2v) is 11.0. The number of hydrogen-bond donors (Lipinski definition) is 0. The van der Waals surface area contributed by atoms with Gasteiger partial charge < -0.3 is 4.42 Å². The first-order valence-corrected chi connectivity index (χ1v) is 14.3. The summed E-state index contributed by atoms with van der Waals surface area (Å²) in [5, 5.41) is 4.86. The van der Waals surface area contributed by atoms with E-state index in [9.17, 15) is 0 Å². The molecule has 8 rings (SSSR count). The lowest BCUT2D eigenvalue weighted by molar-refractivity contribution is 0.669. The zero-order valence-corrected chi connectivity index (χ0v) is 22.8. The molecule has 1 aliphatic carbocycles. The topological polar surface area (TPSA) is 13.1 Å². The van der Waals surface area contributed by atoms with Gasteiger partial charge in [-0.15, -0.1) is 0 Å². The number of hydrogen-bond acceptors (Lipinski definition) is 1. The lowest BCUT2D eigenvalue weighted by atomic mass is 9.83. The maximum Gasteiger partial charge on any atom is 0.135 e.